The van der Waals surface area contributed by atoms with Crippen molar-refractivity contribution in [3.05, 3.63) is 51.6 Å². The normalized spacial score (nSPS) is 10.7. The monoisotopic (exact) mass is 297 g/mol. The summed E-state index contributed by atoms with van der Waals surface area (Å²) in [7, 11) is 0. The molecule has 0 aliphatic heterocycles. The van der Waals surface area contributed by atoms with Crippen molar-refractivity contribution in [2.24, 2.45) is 5.73 Å². The van der Waals surface area contributed by atoms with E-state index in [1.54, 1.807) is 10.7 Å². The van der Waals surface area contributed by atoms with Crippen molar-refractivity contribution >= 4 is 28.8 Å². The Morgan fingerprint density at radius 2 is 2.11 bits per heavy atom. The largest absolute Gasteiger partial charge is 0.389 e. The number of aromatic nitrogens is 2. The lowest BCUT2D eigenvalue weighted by Crippen LogP contribution is -2.11. The van der Waals surface area contributed by atoms with Gasteiger partial charge in [-0.1, -0.05) is 23.8 Å². The second-order valence-corrected chi connectivity index (χ2v) is 5.17. The highest BCUT2D eigenvalue weighted by atomic mass is 35.5. The van der Waals surface area contributed by atoms with Crippen LogP contribution < -0.4 is 5.73 Å². The van der Waals surface area contributed by atoms with Gasteiger partial charge in [0.2, 0.25) is 0 Å². The Balaban J connectivity index is 2.38. The summed E-state index contributed by atoms with van der Waals surface area (Å²) in [5, 5.41) is 4.94. The molecule has 0 saturated heterocycles. The van der Waals surface area contributed by atoms with Crippen LogP contribution in [0.3, 0.4) is 0 Å². The Kier molecular flexibility index (Phi) is 3.87. The van der Waals surface area contributed by atoms with Gasteiger partial charge in [0.25, 0.3) is 0 Å². The Morgan fingerprint density at radius 1 is 1.42 bits per heavy atom. The van der Waals surface area contributed by atoms with Gasteiger partial charge in [0.05, 0.1) is 23.0 Å². The highest BCUT2D eigenvalue weighted by molar-refractivity contribution is 7.80. The van der Waals surface area contributed by atoms with E-state index in [0.29, 0.717) is 17.1 Å². The predicted octanol–water partition coefficient (Wildman–Crippen LogP) is 2.97. The number of halogens is 2. The first kappa shape index (κ1) is 14.0. The summed E-state index contributed by atoms with van der Waals surface area (Å²) < 4.78 is 15.2. The first-order valence-corrected chi connectivity index (χ1v) is 6.46. The van der Waals surface area contributed by atoms with Crippen LogP contribution in [0, 0.1) is 19.7 Å². The van der Waals surface area contributed by atoms with E-state index in [1.165, 1.54) is 12.1 Å². The van der Waals surface area contributed by atoms with E-state index in [0.717, 1.165) is 17.0 Å². The SMILES string of the molecule is Cc1nn(Cc2cc(F)cc(C(N)=S)c2)c(C)c1Cl. The zero-order valence-electron chi connectivity index (χ0n) is 10.6. The molecule has 0 unspecified atom stereocenters. The molecule has 100 valence electrons. The molecule has 0 saturated carbocycles. The lowest BCUT2D eigenvalue weighted by Gasteiger charge is -2.07. The third-order valence-corrected chi connectivity index (χ3v) is 3.65. The minimum atomic E-state index is -0.368. The van der Waals surface area contributed by atoms with Gasteiger partial charge < -0.3 is 5.73 Å². The molecule has 2 N–H and O–H groups in total. The van der Waals surface area contributed by atoms with Gasteiger partial charge in [-0.15, -0.1) is 0 Å². The van der Waals surface area contributed by atoms with Crippen LogP contribution >= 0.6 is 23.8 Å². The summed E-state index contributed by atoms with van der Waals surface area (Å²) >= 11 is 10.9. The third kappa shape index (κ3) is 2.93. The molecule has 2 aromatic rings. The van der Waals surface area contributed by atoms with Gasteiger partial charge in [0, 0.05) is 5.56 Å². The molecule has 1 aromatic heterocycles. The van der Waals surface area contributed by atoms with Crippen molar-refractivity contribution in [2.45, 2.75) is 20.4 Å². The molecule has 0 atom stereocenters. The second kappa shape index (κ2) is 5.27. The molecule has 2 rings (SSSR count). The standard InChI is InChI=1S/C13H13ClFN3S/c1-7-12(14)8(2)18(17-7)6-9-3-10(13(16)19)5-11(15)4-9/h3-5H,6H2,1-2H3,(H2,16,19). The number of rotatable bonds is 3. The average Bonchev–Trinajstić information content (AvgIpc) is 2.56. The molecule has 0 bridgehead atoms. The van der Waals surface area contributed by atoms with Gasteiger partial charge in [0.15, 0.2) is 0 Å². The van der Waals surface area contributed by atoms with Crippen molar-refractivity contribution in [3.63, 3.8) is 0 Å². The van der Waals surface area contributed by atoms with Crippen LogP contribution in [-0.2, 0) is 6.54 Å². The highest BCUT2D eigenvalue weighted by Crippen LogP contribution is 2.20. The molecular weight excluding hydrogens is 285 g/mol. The van der Waals surface area contributed by atoms with E-state index in [-0.39, 0.29) is 10.8 Å². The van der Waals surface area contributed by atoms with E-state index in [1.807, 2.05) is 13.8 Å². The fraction of sp³-hybridized carbons (Fsp3) is 0.231. The zero-order valence-corrected chi connectivity index (χ0v) is 12.1. The zero-order chi connectivity index (χ0) is 14.2. The Bertz CT molecular complexity index is 652. The first-order valence-electron chi connectivity index (χ1n) is 5.67. The van der Waals surface area contributed by atoms with Crippen LogP contribution in [0.5, 0.6) is 0 Å². The van der Waals surface area contributed by atoms with Gasteiger partial charge in [-0.3, -0.25) is 4.68 Å². The quantitative estimate of drug-likeness (QED) is 0.886. The van der Waals surface area contributed by atoms with Crippen LogP contribution in [-0.4, -0.2) is 14.8 Å². The lowest BCUT2D eigenvalue weighted by atomic mass is 10.1. The Hall–Kier alpha value is -1.46. The molecule has 0 amide bonds. The summed E-state index contributed by atoms with van der Waals surface area (Å²) in [4.78, 5) is 0.173. The van der Waals surface area contributed by atoms with E-state index >= 15 is 0 Å². The molecule has 1 heterocycles. The third-order valence-electron chi connectivity index (χ3n) is 2.87. The molecule has 1 aromatic carbocycles. The van der Waals surface area contributed by atoms with Crippen LogP contribution in [0.25, 0.3) is 0 Å². The number of thiocarbonyl (C=S) groups is 1. The summed E-state index contributed by atoms with van der Waals surface area (Å²) in [5.74, 6) is -0.368. The average molecular weight is 298 g/mol. The van der Waals surface area contributed by atoms with Crippen molar-refractivity contribution in [1.82, 2.24) is 9.78 Å². The molecule has 0 fully saturated rings. The molecule has 0 aliphatic carbocycles. The molecule has 6 heteroatoms. The van der Waals surface area contributed by atoms with Gasteiger partial charge in [0.1, 0.15) is 10.8 Å². The summed E-state index contributed by atoms with van der Waals surface area (Å²) in [6.45, 7) is 4.13. The molecule has 19 heavy (non-hydrogen) atoms. The number of nitrogens with zero attached hydrogens (tertiary/aromatic N) is 2. The first-order chi connectivity index (χ1) is 8.88. The summed E-state index contributed by atoms with van der Waals surface area (Å²) in [6, 6.07) is 4.52. The van der Waals surface area contributed by atoms with E-state index in [2.05, 4.69) is 5.10 Å². The van der Waals surface area contributed by atoms with Gasteiger partial charge in [-0.25, -0.2) is 4.39 Å². The topological polar surface area (TPSA) is 43.8 Å². The van der Waals surface area contributed by atoms with Gasteiger partial charge >= 0.3 is 0 Å². The van der Waals surface area contributed by atoms with Crippen molar-refractivity contribution in [3.8, 4) is 0 Å². The van der Waals surface area contributed by atoms with Gasteiger partial charge in [-0.2, -0.15) is 5.10 Å². The van der Waals surface area contributed by atoms with Crippen molar-refractivity contribution in [2.75, 3.05) is 0 Å². The Labute approximate surface area is 121 Å². The molecule has 0 spiro atoms. The van der Waals surface area contributed by atoms with E-state index < -0.39 is 0 Å². The fourth-order valence-electron chi connectivity index (χ4n) is 1.89. The molecule has 3 nitrogen and oxygen atoms in total. The number of aryl methyl sites for hydroxylation is 1. The van der Waals surface area contributed by atoms with Crippen LogP contribution in [0.1, 0.15) is 22.5 Å². The minimum Gasteiger partial charge on any atom is -0.389 e. The number of hydrogen-bond donors (Lipinski definition) is 1. The number of nitrogens with two attached hydrogens (primary N) is 1. The molecular formula is C13H13ClFN3S. The maximum Gasteiger partial charge on any atom is 0.124 e. The maximum absolute atomic E-state index is 13.5. The predicted molar refractivity (Wildman–Crippen MR) is 78.1 cm³/mol. The minimum absolute atomic E-state index is 0.173. The van der Waals surface area contributed by atoms with Gasteiger partial charge in [-0.05, 0) is 37.6 Å². The summed E-state index contributed by atoms with van der Waals surface area (Å²) in [5.41, 5.74) is 8.38. The van der Waals surface area contributed by atoms with E-state index in [4.69, 9.17) is 29.6 Å². The smallest absolute Gasteiger partial charge is 0.124 e. The van der Waals surface area contributed by atoms with Crippen LogP contribution in [0.4, 0.5) is 4.39 Å². The second-order valence-electron chi connectivity index (χ2n) is 4.35. The highest BCUT2D eigenvalue weighted by Gasteiger charge is 2.10. The molecule has 0 aliphatic rings. The van der Waals surface area contributed by atoms with Crippen LogP contribution in [0.2, 0.25) is 5.02 Å². The van der Waals surface area contributed by atoms with Crippen molar-refractivity contribution < 1.29 is 4.39 Å². The number of benzene rings is 1. The molecule has 0 radical (unpaired) electrons. The van der Waals surface area contributed by atoms with Crippen LogP contribution in [0.15, 0.2) is 18.2 Å². The Morgan fingerprint density at radius 3 is 2.63 bits per heavy atom. The fourth-order valence-corrected chi connectivity index (χ4v) is 2.14. The van der Waals surface area contributed by atoms with Crippen molar-refractivity contribution in [1.29, 1.82) is 0 Å². The number of hydrogen-bond acceptors (Lipinski definition) is 2. The maximum atomic E-state index is 13.5. The lowest BCUT2D eigenvalue weighted by molar-refractivity contribution is 0.615. The summed E-state index contributed by atoms with van der Waals surface area (Å²) in [6.07, 6.45) is 0. The van der Waals surface area contributed by atoms with E-state index in [9.17, 15) is 4.39 Å².